The predicted octanol–water partition coefficient (Wildman–Crippen LogP) is 3.61. The van der Waals surface area contributed by atoms with E-state index >= 15 is 0 Å². The Hall–Kier alpha value is -0.0800. The third kappa shape index (κ3) is 3.08. The van der Waals surface area contributed by atoms with E-state index in [-0.39, 0.29) is 5.60 Å². The van der Waals surface area contributed by atoms with Crippen molar-refractivity contribution < 1.29 is 4.74 Å². The zero-order valence-electron chi connectivity index (χ0n) is 12.7. The highest BCUT2D eigenvalue weighted by Gasteiger charge is 2.44. The summed E-state index contributed by atoms with van der Waals surface area (Å²) >= 11 is 0. The van der Waals surface area contributed by atoms with Crippen LogP contribution >= 0.6 is 0 Å². The van der Waals surface area contributed by atoms with Gasteiger partial charge in [-0.15, -0.1) is 0 Å². The molecule has 2 rings (SSSR count). The molecule has 2 nitrogen and oxygen atoms in total. The van der Waals surface area contributed by atoms with Gasteiger partial charge in [-0.3, -0.25) is 0 Å². The summed E-state index contributed by atoms with van der Waals surface area (Å²) in [6.45, 7) is 11.3. The number of hydrogen-bond acceptors (Lipinski definition) is 2. The maximum Gasteiger partial charge on any atom is 0.0835 e. The largest absolute Gasteiger partial charge is 0.372 e. The molecule has 2 aliphatic rings. The summed E-state index contributed by atoms with van der Waals surface area (Å²) in [4.78, 5) is 0. The number of hydrogen-bond donors (Lipinski definition) is 1. The number of ether oxygens (including phenoxy) is 1. The van der Waals surface area contributed by atoms with Gasteiger partial charge in [0, 0.05) is 12.6 Å². The molecule has 0 radical (unpaired) electrons. The zero-order chi connectivity index (χ0) is 13.2. The summed E-state index contributed by atoms with van der Waals surface area (Å²) < 4.78 is 6.29. The molecular formula is C16H31NO. The van der Waals surface area contributed by atoms with Crippen LogP contribution in [-0.2, 0) is 4.74 Å². The van der Waals surface area contributed by atoms with E-state index in [1.165, 1.54) is 32.1 Å². The average molecular weight is 253 g/mol. The third-order valence-electron chi connectivity index (χ3n) is 5.04. The van der Waals surface area contributed by atoms with Crippen molar-refractivity contribution in [1.82, 2.24) is 5.32 Å². The molecule has 1 aliphatic carbocycles. The highest BCUT2D eigenvalue weighted by molar-refractivity contribution is 4.99. The van der Waals surface area contributed by atoms with Crippen LogP contribution in [0.2, 0.25) is 0 Å². The molecule has 1 heterocycles. The first-order valence-corrected chi connectivity index (χ1v) is 7.91. The van der Waals surface area contributed by atoms with Gasteiger partial charge in [-0.25, -0.2) is 0 Å². The second kappa shape index (κ2) is 5.92. The Balaban J connectivity index is 1.99. The van der Waals surface area contributed by atoms with E-state index in [0.717, 1.165) is 30.9 Å². The molecule has 2 fully saturated rings. The normalized spacial score (nSPS) is 37.7. The minimum absolute atomic E-state index is 0.161. The minimum Gasteiger partial charge on any atom is -0.372 e. The summed E-state index contributed by atoms with van der Waals surface area (Å²) in [5.74, 6) is 2.51. The van der Waals surface area contributed by atoms with Crippen LogP contribution in [0.3, 0.4) is 0 Å². The Kier molecular flexibility index (Phi) is 4.71. The first-order chi connectivity index (χ1) is 8.53. The summed E-state index contributed by atoms with van der Waals surface area (Å²) in [5, 5.41) is 3.73. The van der Waals surface area contributed by atoms with Crippen molar-refractivity contribution >= 4 is 0 Å². The van der Waals surface area contributed by atoms with Crippen molar-refractivity contribution in [1.29, 1.82) is 0 Å². The summed E-state index contributed by atoms with van der Waals surface area (Å²) in [6.07, 6.45) is 6.49. The molecule has 1 N–H and O–H groups in total. The Morgan fingerprint density at radius 3 is 2.39 bits per heavy atom. The van der Waals surface area contributed by atoms with Gasteiger partial charge >= 0.3 is 0 Å². The van der Waals surface area contributed by atoms with Crippen LogP contribution in [0.5, 0.6) is 0 Å². The molecule has 1 saturated carbocycles. The molecule has 18 heavy (non-hydrogen) atoms. The molecule has 2 heteroatoms. The van der Waals surface area contributed by atoms with Crippen molar-refractivity contribution in [3.8, 4) is 0 Å². The van der Waals surface area contributed by atoms with Gasteiger partial charge in [-0.2, -0.15) is 0 Å². The summed E-state index contributed by atoms with van der Waals surface area (Å²) in [7, 11) is 0. The van der Waals surface area contributed by atoms with Gasteiger partial charge in [-0.05, 0) is 49.9 Å². The molecule has 0 aromatic heterocycles. The molecular weight excluding hydrogens is 222 g/mol. The van der Waals surface area contributed by atoms with Crippen LogP contribution in [-0.4, -0.2) is 24.8 Å². The fourth-order valence-corrected chi connectivity index (χ4v) is 3.83. The van der Waals surface area contributed by atoms with Crippen LogP contribution in [0.4, 0.5) is 0 Å². The minimum atomic E-state index is 0.161. The second-order valence-corrected chi connectivity index (χ2v) is 7.13. The first kappa shape index (κ1) is 14.3. The second-order valence-electron chi connectivity index (χ2n) is 7.13. The van der Waals surface area contributed by atoms with Gasteiger partial charge in [0.1, 0.15) is 0 Å². The third-order valence-corrected chi connectivity index (χ3v) is 5.04. The van der Waals surface area contributed by atoms with Gasteiger partial charge in [0.15, 0.2) is 0 Å². The van der Waals surface area contributed by atoms with Gasteiger partial charge in [-0.1, -0.05) is 27.7 Å². The Labute approximate surface area is 113 Å². The first-order valence-electron chi connectivity index (χ1n) is 7.91. The topological polar surface area (TPSA) is 21.3 Å². The molecule has 1 saturated heterocycles. The van der Waals surface area contributed by atoms with E-state index in [9.17, 15) is 0 Å². The molecule has 0 bridgehead atoms. The monoisotopic (exact) mass is 253 g/mol. The molecule has 0 aromatic carbocycles. The van der Waals surface area contributed by atoms with Crippen molar-refractivity contribution in [2.75, 3.05) is 13.2 Å². The molecule has 1 spiro atoms. The van der Waals surface area contributed by atoms with Gasteiger partial charge in [0.05, 0.1) is 12.2 Å². The average Bonchev–Trinajstić information content (AvgIpc) is 2.32. The van der Waals surface area contributed by atoms with Crippen LogP contribution < -0.4 is 5.32 Å². The van der Waals surface area contributed by atoms with Crippen LogP contribution in [0.25, 0.3) is 0 Å². The van der Waals surface area contributed by atoms with E-state index in [1.807, 2.05) is 0 Å². The van der Waals surface area contributed by atoms with Crippen LogP contribution in [0.1, 0.15) is 59.8 Å². The van der Waals surface area contributed by atoms with Crippen molar-refractivity contribution in [2.24, 2.45) is 17.8 Å². The molecule has 0 aromatic rings. The van der Waals surface area contributed by atoms with E-state index < -0.39 is 0 Å². The van der Waals surface area contributed by atoms with Crippen molar-refractivity contribution in [3.05, 3.63) is 0 Å². The lowest BCUT2D eigenvalue weighted by molar-refractivity contribution is -0.129. The Morgan fingerprint density at radius 2 is 1.83 bits per heavy atom. The lowest BCUT2D eigenvalue weighted by Crippen LogP contribution is -2.59. The molecule has 1 unspecified atom stereocenters. The van der Waals surface area contributed by atoms with E-state index in [0.29, 0.717) is 6.04 Å². The Morgan fingerprint density at radius 1 is 1.17 bits per heavy atom. The number of nitrogens with one attached hydrogen (secondary N) is 1. The van der Waals surface area contributed by atoms with Gasteiger partial charge in [0.25, 0.3) is 0 Å². The van der Waals surface area contributed by atoms with Crippen LogP contribution in [0.15, 0.2) is 0 Å². The number of morpholine rings is 1. The maximum absolute atomic E-state index is 6.29. The lowest BCUT2D eigenvalue weighted by Gasteiger charge is -2.49. The highest BCUT2D eigenvalue weighted by atomic mass is 16.5. The zero-order valence-corrected chi connectivity index (χ0v) is 12.7. The van der Waals surface area contributed by atoms with E-state index in [2.05, 4.69) is 33.0 Å². The van der Waals surface area contributed by atoms with Crippen molar-refractivity contribution in [2.45, 2.75) is 71.4 Å². The molecule has 1 aliphatic heterocycles. The Bertz CT molecular complexity index is 254. The molecule has 0 amide bonds. The van der Waals surface area contributed by atoms with E-state index in [1.54, 1.807) is 0 Å². The van der Waals surface area contributed by atoms with Crippen LogP contribution in [0, 0.1) is 17.8 Å². The van der Waals surface area contributed by atoms with E-state index in [4.69, 9.17) is 4.74 Å². The van der Waals surface area contributed by atoms with Gasteiger partial charge in [0.2, 0.25) is 0 Å². The predicted molar refractivity (Wildman–Crippen MR) is 76.7 cm³/mol. The molecule has 1 atom stereocenters. The quantitative estimate of drug-likeness (QED) is 0.829. The smallest absolute Gasteiger partial charge is 0.0835 e. The fraction of sp³-hybridized carbons (Fsp3) is 1.00. The standard InChI is InChI=1S/C16H31NO/c1-12(2)11-15-16(18-10-9-17-15)7-5-14(6-8-16)13(3)4/h12-15,17H,5-11H2,1-4H3. The molecule has 106 valence electrons. The lowest BCUT2D eigenvalue weighted by atomic mass is 9.70. The maximum atomic E-state index is 6.29. The summed E-state index contributed by atoms with van der Waals surface area (Å²) in [5.41, 5.74) is 0.161. The van der Waals surface area contributed by atoms with Gasteiger partial charge < -0.3 is 10.1 Å². The van der Waals surface area contributed by atoms with Crippen molar-refractivity contribution in [3.63, 3.8) is 0 Å². The SMILES string of the molecule is CC(C)CC1NCCOC12CCC(C(C)C)CC2. The fourth-order valence-electron chi connectivity index (χ4n) is 3.83. The highest BCUT2D eigenvalue weighted by Crippen LogP contribution is 2.42. The summed E-state index contributed by atoms with van der Waals surface area (Å²) in [6, 6.07) is 0.583. The number of rotatable bonds is 3.